The molecule has 0 aromatic carbocycles. The van der Waals surface area contributed by atoms with Gasteiger partial charge in [0.25, 0.3) is 5.91 Å². The molecule has 2 heterocycles. The number of hydrogen-bond donors (Lipinski definition) is 1. The fraction of sp³-hybridized carbons (Fsp3) is 0.941. The van der Waals surface area contributed by atoms with Gasteiger partial charge in [-0.05, 0) is 39.2 Å². The number of carbonyl (C=O) groups is 1. The summed E-state index contributed by atoms with van der Waals surface area (Å²) in [6, 6.07) is 0. The van der Waals surface area contributed by atoms with Gasteiger partial charge < -0.3 is 15.0 Å². The van der Waals surface area contributed by atoms with E-state index >= 15 is 0 Å². The lowest BCUT2D eigenvalue weighted by Gasteiger charge is -2.45. The van der Waals surface area contributed by atoms with E-state index in [2.05, 4.69) is 42.8 Å². The molecule has 2 aliphatic heterocycles. The van der Waals surface area contributed by atoms with Crippen molar-refractivity contribution in [2.45, 2.75) is 45.8 Å². The number of nitrogens with one attached hydrogen (secondary N) is 1. The molecule has 1 N–H and O–H groups in total. The second-order valence-corrected chi connectivity index (χ2v) is 8.00. The first-order valence-corrected chi connectivity index (χ1v) is 8.61. The molecule has 0 spiro atoms. The van der Waals surface area contributed by atoms with Crippen LogP contribution in [0.25, 0.3) is 0 Å². The SMILES string of the molecule is CC1CC(C)CN(C(C)(C)CNC(=O)C2CN(C)CCO2)C1. The molecule has 1 amide bonds. The molecular formula is C17H33N3O2. The number of likely N-dealkylation sites (tertiary alicyclic amines) is 1. The fourth-order valence-electron chi connectivity index (χ4n) is 3.62. The van der Waals surface area contributed by atoms with Crippen molar-refractivity contribution in [3.63, 3.8) is 0 Å². The number of nitrogens with zero attached hydrogens (tertiary/aromatic N) is 2. The van der Waals surface area contributed by atoms with Gasteiger partial charge in [0, 0.05) is 38.3 Å². The molecule has 0 bridgehead atoms. The number of carbonyl (C=O) groups excluding carboxylic acids is 1. The molecule has 3 unspecified atom stereocenters. The van der Waals surface area contributed by atoms with Crippen molar-refractivity contribution in [2.24, 2.45) is 11.8 Å². The van der Waals surface area contributed by atoms with Gasteiger partial charge >= 0.3 is 0 Å². The minimum absolute atomic E-state index is 0.0147. The van der Waals surface area contributed by atoms with Gasteiger partial charge in [-0.15, -0.1) is 0 Å². The highest BCUT2D eigenvalue weighted by atomic mass is 16.5. The zero-order chi connectivity index (χ0) is 16.3. The molecule has 2 fully saturated rings. The number of hydrogen-bond acceptors (Lipinski definition) is 4. The van der Waals surface area contributed by atoms with E-state index in [1.165, 1.54) is 6.42 Å². The lowest BCUT2D eigenvalue weighted by atomic mass is 9.88. The first kappa shape index (κ1) is 17.7. The molecule has 0 saturated carbocycles. The third kappa shape index (κ3) is 4.67. The van der Waals surface area contributed by atoms with Crippen LogP contribution in [-0.4, -0.2) is 73.7 Å². The van der Waals surface area contributed by atoms with Gasteiger partial charge in [0.05, 0.1) is 6.61 Å². The maximum absolute atomic E-state index is 12.3. The van der Waals surface area contributed by atoms with Crippen LogP contribution in [0, 0.1) is 11.8 Å². The summed E-state index contributed by atoms with van der Waals surface area (Å²) in [5, 5.41) is 3.11. The normalized spacial score (nSPS) is 32.0. The predicted octanol–water partition coefficient (Wildman–Crippen LogP) is 1.19. The van der Waals surface area contributed by atoms with Crippen molar-refractivity contribution in [1.29, 1.82) is 0 Å². The van der Waals surface area contributed by atoms with Gasteiger partial charge in [0.1, 0.15) is 6.10 Å². The van der Waals surface area contributed by atoms with Crippen LogP contribution in [0.5, 0.6) is 0 Å². The smallest absolute Gasteiger partial charge is 0.250 e. The summed E-state index contributed by atoms with van der Waals surface area (Å²) in [5.41, 5.74) is -0.0147. The minimum Gasteiger partial charge on any atom is -0.366 e. The second-order valence-electron chi connectivity index (χ2n) is 8.00. The van der Waals surface area contributed by atoms with E-state index in [1.807, 2.05) is 7.05 Å². The Morgan fingerprint density at radius 3 is 2.45 bits per heavy atom. The largest absolute Gasteiger partial charge is 0.366 e. The highest BCUT2D eigenvalue weighted by Gasteiger charge is 2.34. The first-order valence-electron chi connectivity index (χ1n) is 8.61. The van der Waals surface area contributed by atoms with Crippen LogP contribution in [0.1, 0.15) is 34.1 Å². The predicted molar refractivity (Wildman–Crippen MR) is 88.8 cm³/mol. The quantitative estimate of drug-likeness (QED) is 0.847. The monoisotopic (exact) mass is 311 g/mol. The molecule has 22 heavy (non-hydrogen) atoms. The van der Waals surface area contributed by atoms with E-state index in [9.17, 15) is 4.79 Å². The van der Waals surface area contributed by atoms with Gasteiger partial charge in [0.2, 0.25) is 0 Å². The van der Waals surface area contributed by atoms with Gasteiger partial charge in [-0.25, -0.2) is 0 Å². The molecule has 0 aromatic rings. The van der Waals surface area contributed by atoms with Gasteiger partial charge in [-0.2, -0.15) is 0 Å². The van der Waals surface area contributed by atoms with Crippen molar-refractivity contribution in [2.75, 3.05) is 46.4 Å². The van der Waals surface area contributed by atoms with Crippen LogP contribution < -0.4 is 5.32 Å². The molecule has 128 valence electrons. The van der Waals surface area contributed by atoms with Crippen LogP contribution >= 0.6 is 0 Å². The van der Waals surface area contributed by atoms with E-state index in [1.54, 1.807) is 0 Å². The van der Waals surface area contributed by atoms with Crippen LogP contribution in [0.2, 0.25) is 0 Å². The molecule has 2 aliphatic rings. The highest BCUT2D eigenvalue weighted by molar-refractivity contribution is 5.81. The molecule has 0 aromatic heterocycles. The van der Waals surface area contributed by atoms with Gasteiger partial charge in [-0.1, -0.05) is 13.8 Å². The standard InChI is InChI=1S/C17H33N3O2/c1-13-8-14(2)10-20(9-13)17(3,4)12-18-16(21)15-11-19(5)6-7-22-15/h13-15H,6-12H2,1-5H3,(H,18,21). The van der Waals surface area contributed by atoms with Crippen molar-refractivity contribution in [1.82, 2.24) is 15.1 Å². The second kappa shape index (κ2) is 7.28. The Hall–Kier alpha value is -0.650. The number of likely N-dealkylation sites (N-methyl/N-ethyl adjacent to an activating group) is 1. The summed E-state index contributed by atoms with van der Waals surface area (Å²) in [7, 11) is 2.03. The number of morpholine rings is 1. The Labute approximate surface area is 135 Å². The van der Waals surface area contributed by atoms with Crippen LogP contribution in [-0.2, 0) is 9.53 Å². The summed E-state index contributed by atoms with van der Waals surface area (Å²) in [4.78, 5) is 17.0. The Morgan fingerprint density at radius 2 is 1.86 bits per heavy atom. The fourth-order valence-corrected chi connectivity index (χ4v) is 3.62. The summed E-state index contributed by atoms with van der Waals surface area (Å²) in [6.07, 6.45) is 0.982. The number of ether oxygens (including phenoxy) is 1. The van der Waals surface area contributed by atoms with Crippen molar-refractivity contribution < 1.29 is 9.53 Å². The maximum Gasteiger partial charge on any atom is 0.250 e. The average Bonchev–Trinajstić information content (AvgIpc) is 2.44. The lowest BCUT2D eigenvalue weighted by molar-refractivity contribution is -0.138. The lowest BCUT2D eigenvalue weighted by Crippen LogP contribution is -2.58. The van der Waals surface area contributed by atoms with Gasteiger partial charge in [-0.3, -0.25) is 9.69 Å². The maximum atomic E-state index is 12.3. The summed E-state index contributed by atoms with van der Waals surface area (Å²) < 4.78 is 5.59. The Bertz CT molecular complexity index is 376. The Balaban J connectivity index is 1.84. The molecule has 2 saturated heterocycles. The zero-order valence-corrected chi connectivity index (χ0v) is 14.9. The van der Waals surface area contributed by atoms with Crippen LogP contribution in [0.4, 0.5) is 0 Å². The number of piperidine rings is 1. The topological polar surface area (TPSA) is 44.8 Å². The first-order chi connectivity index (χ1) is 10.3. The third-order valence-electron chi connectivity index (χ3n) is 4.98. The molecular weight excluding hydrogens is 278 g/mol. The molecule has 2 rings (SSSR count). The summed E-state index contributed by atoms with van der Waals surface area (Å²) >= 11 is 0. The summed E-state index contributed by atoms with van der Waals surface area (Å²) in [6.45, 7) is 14.2. The Kier molecular flexibility index (Phi) is 5.86. The molecule has 0 radical (unpaired) electrons. The number of amides is 1. The zero-order valence-electron chi connectivity index (χ0n) is 14.9. The van der Waals surface area contributed by atoms with E-state index in [4.69, 9.17) is 4.74 Å². The number of rotatable bonds is 4. The van der Waals surface area contributed by atoms with E-state index in [0.29, 0.717) is 19.7 Å². The van der Waals surface area contributed by atoms with E-state index in [-0.39, 0.29) is 17.6 Å². The van der Waals surface area contributed by atoms with Crippen LogP contribution in [0.15, 0.2) is 0 Å². The Morgan fingerprint density at radius 1 is 1.23 bits per heavy atom. The molecule has 0 aliphatic carbocycles. The molecule has 5 heteroatoms. The van der Waals surface area contributed by atoms with Gasteiger partial charge in [0.15, 0.2) is 0 Å². The third-order valence-corrected chi connectivity index (χ3v) is 4.98. The summed E-state index contributed by atoms with van der Waals surface area (Å²) in [5.74, 6) is 1.49. The van der Waals surface area contributed by atoms with Crippen molar-refractivity contribution in [3.8, 4) is 0 Å². The minimum atomic E-state index is -0.325. The molecule has 5 nitrogen and oxygen atoms in total. The van der Waals surface area contributed by atoms with Crippen LogP contribution in [0.3, 0.4) is 0 Å². The van der Waals surface area contributed by atoms with E-state index in [0.717, 1.165) is 31.5 Å². The molecule has 3 atom stereocenters. The van der Waals surface area contributed by atoms with E-state index < -0.39 is 0 Å². The van der Waals surface area contributed by atoms with Crippen molar-refractivity contribution >= 4 is 5.91 Å². The highest BCUT2D eigenvalue weighted by Crippen LogP contribution is 2.26. The average molecular weight is 311 g/mol. The van der Waals surface area contributed by atoms with Crippen molar-refractivity contribution in [3.05, 3.63) is 0 Å².